The van der Waals surface area contributed by atoms with Gasteiger partial charge in [-0.2, -0.15) is 0 Å². The molecule has 0 aliphatic rings. The van der Waals surface area contributed by atoms with E-state index in [2.05, 4.69) is 10.3 Å². The molecule has 0 spiro atoms. The third kappa shape index (κ3) is 2.70. The first-order chi connectivity index (χ1) is 8.68. The molecule has 1 aromatic heterocycles. The number of amides is 1. The second-order valence-electron chi connectivity index (χ2n) is 3.73. The van der Waals surface area contributed by atoms with E-state index in [1.165, 1.54) is 12.3 Å². The van der Waals surface area contributed by atoms with Crippen LogP contribution in [0.1, 0.15) is 11.6 Å². The molecule has 18 heavy (non-hydrogen) atoms. The Morgan fingerprint density at radius 1 is 1.28 bits per heavy atom. The number of rotatable bonds is 3. The normalized spacial score (nSPS) is 11.9. The van der Waals surface area contributed by atoms with Crippen molar-refractivity contribution in [3.8, 4) is 0 Å². The molecule has 1 heterocycles. The highest BCUT2D eigenvalue weighted by Gasteiger charge is 2.16. The van der Waals surface area contributed by atoms with Crippen LogP contribution in [-0.2, 0) is 4.79 Å². The molecule has 1 amide bonds. The Bertz CT molecular complexity index is 545. The Morgan fingerprint density at radius 2 is 2.00 bits per heavy atom. The van der Waals surface area contributed by atoms with E-state index in [9.17, 15) is 9.18 Å². The maximum atomic E-state index is 13.3. The molecule has 0 saturated carbocycles. The summed E-state index contributed by atoms with van der Waals surface area (Å²) >= 11 is 0. The van der Waals surface area contributed by atoms with Gasteiger partial charge in [0.05, 0.1) is 11.9 Å². The molecular weight excluding hydrogens is 233 g/mol. The average Bonchev–Trinajstić information content (AvgIpc) is 2.41. The van der Waals surface area contributed by atoms with E-state index < -0.39 is 17.8 Å². The highest BCUT2D eigenvalue weighted by atomic mass is 19.1. The number of anilines is 1. The van der Waals surface area contributed by atoms with Crippen molar-refractivity contribution in [2.24, 2.45) is 5.73 Å². The van der Waals surface area contributed by atoms with Gasteiger partial charge >= 0.3 is 0 Å². The summed E-state index contributed by atoms with van der Waals surface area (Å²) in [6, 6.07) is 9.44. The van der Waals surface area contributed by atoms with Gasteiger partial charge in [-0.3, -0.25) is 9.78 Å². The molecule has 92 valence electrons. The molecule has 3 N–H and O–H groups in total. The quantitative estimate of drug-likeness (QED) is 0.867. The molecule has 4 nitrogen and oxygen atoms in total. The van der Waals surface area contributed by atoms with E-state index in [1.54, 1.807) is 24.3 Å². The number of carbonyl (C=O) groups excluding carboxylic acids is 1. The van der Waals surface area contributed by atoms with Crippen molar-refractivity contribution in [1.82, 2.24) is 4.98 Å². The van der Waals surface area contributed by atoms with E-state index >= 15 is 0 Å². The minimum absolute atomic E-state index is 0.0707. The smallest absolute Gasteiger partial charge is 0.245 e. The van der Waals surface area contributed by atoms with Crippen molar-refractivity contribution in [1.29, 1.82) is 0 Å². The highest BCUT2D eigenvalue weighted by molar-refractivity contribution is 5.95. The molecule has 1 aromatic carbocycles. The number of carbonyl (C=O) groups is 1. The minimum Gasteiger partial charge on any atom is -0.322 e. The summed E-state index contributed by atoms with van der Waals surface area (Å²) in [6.45, 7) is 0. The van der Waals surface area contributed by atoms with Crippen LogP contribution in [0.3, 0.4) is 0 Å². The van der Waals surface area contributed by atoms with Crippen molar-refractivity contribution in [3.05, 3.63) is 60.2 Å². The van der Waals surface area contributed by atoms with Crippen LogP contribution in [0.25, 0.3) is 0 Å². The van der Waals surface area contributed by atoms with Crippen molar-refractivity contribution < 1.29 is 9.18 Å². The fraction of sp³-hybridized carbons (Fsp3) is 0.0769. The lowest BCUT2D eigenvalue weighted by Crippen LogP contribution is -2.28. The van der Waals surface area contributed by atoms with Gasteiger partial charge in [-0.05, 0) is 11.6 Å². The SMILES string of the molecule is N[C@@H](C(=O)Nc1ccncc1F)c1ccccc1. The summed E-state index contributed by atoms with van der Waals surface area (Å²) in [5.41, 5.74) is 6.53. The molecule has 0 bridgehead atoms. The Kier molecular flexibility index (Phi) is 3.64. The molecule has 5 heteroatoms. The number of hydrogen-bond acceptors (Lipinski definition) is 3. The molecule has 2 rings (SSSR count). The van der Waals surface area contributed by atoms with Crippen LogP contribution in [0.4, 0.5) is 10.1 Å². The standard InChI is InChI=1S/C13H12FN3O/c14-10-8-16-7-6-11(10)17-13(18)12(15)9-4-2-1-3-5-9/h1-8,12H,15H2,(H,16,17,18)/t12-/m1/s1. The summed E-state index contributed by atoms with van der Waals surface area (Å²) in [5.74, 6) is -1.06. The Labute approximate surface area is 104 Å². The lowest BCUT2D eigenvalue weighted by Gasteiger charge is -2.12. The molecule has 1 atom stereocenters. The number of nitrogens with one attached hydrogen (secondary N) is 1. The molecule has 0 saturated heterocycles. The van der Waals surface area contributed by atoms with Gasteiger partial charge in [0.1, 0.15) is 6.04 Å². The molecule has 0 aliphatic heterocycles. The number of aromatic nitrogens is 1. The Balaban J connectivity index is 2.12. The Hall–Kier alpha value is -2.27. The summed E-state index contributed by atoms with van der Waals surface area (Å²) in [5, 5.41) is 2.43. The van der Waals surface area contributed by atoms with Crippen LogP contribution >= 0.6 is 0 Å². The van der Waals surface area contributed by atoms with E-state index in [0.29, 0.717) is 5.56 Å². The predicted octanol–water partition coefficient (Wildman–Crippen LogP) is 1.86. The van der Waals surface area contributed by atoms with Crippen LogP contribution in [0, 0.1) is 5.82 Å². The monoisotopic (exact) mass is 245 g/mol. The van der Waals surface area contributed by atoms with E-state index in [4.69, 9.17) is 5.73 Å². The van der Waals surface area contributed by atoms with Crippen LogP contribution in [-0.4, -0.2) is 10.9 Å². The number of halogens is 1. The van der Waals surface area contributed by atoms with Crippen molar-refractivity contribution in [2.75, 3.05) is 5.32 Å². The molecule has 0 fully saturated rings. The maximum Gasteiger partial charge on any atom is 0.245 e. The second kappa shape index (κ2) is 5.37. The van der Waals surface area contributed by atoms with Gasteiger partial charge in [0.2, 0.25) is 5.91 Å². The van der Waals surface area contributed by atoms with E-state index in [-0.39, 0.29) is 5.69 Å². The Morgan fingerprint density at radius 3 is 2.67 bits per heavy atom. The first-order valence-corrected chi connectivity index (χ1v) is 5.39. The van der Waals surface area contributed by atoms with Gasteiger partial charge in [-0.15, -0.1) is 0 Å². The summed E-state index contributed by atoms with van der Waals surface area (Å²) < 4.78 is 13.3. The lowest BCUT2D eigenvalue weighted by molar-refractivity contribution is -0.117. The first kappa shape index (κ1) is 12.2. The summed E-state index contributed by atoms with van der Waals surface area (Å²) in [4.78, 5) is 15.4. The number of pyridine rings is 1. The number of benzene rings is 1. The zero-order valence-electron chi connectivity index (χ0n) is 9.51. The fourth-order valence-electron chi connectivity index (χ4n) is 1.50. The summed E-state index contributed by atoms with van der Waals surface area (Å²) in [7, 11) is 0. The third-order valence-electron chi connectivity index (χ3n) is 2.47. The molecule has 2 aromatic rings. The van der Waals surface area contributed by atoms with E-state index in [0.717, 1.165) is 6.20 Å². The molecule has 0 radical (unpaired) electrons. The minimum atomic E-state index is -0.834. The van der Waals surface area contributed by atoms with Gasteiger partial charge in [0.15, 0.2) is 5.82 Å². The van der Waals surface area contributed by atoms with Gasteiger partial charge in [-0.25, -0.2) is 4.39 Å². The molecule has 0 aliphatic carbocycles. The fourth-order valence-corrected chi connectivity index (χ4v) is 1.50. The third-order valence-corrected chi connectivity index (χ3v) is 2.47. The van der Waals surface area contributed by atoms with E-state index in [1.807, 2.05) is 6.07 Å². The topological polar surface area (TPSA) is 68.0 Å². The van der Waals surface area contributed by atoms with Gasteiger partial charge in [-0.1, -0.05) is 30.3 Å². The van der Waals surface area contributed by atoms with Crippen LogP contribution in [0.15, 0.2) is 48.8 Å². The van der Waals surface area contributed by atoms with Crippen LogP contribution in [0.5, 0.6) is 0 Å². The predicted molar refractivity (Wildman–Crippen MR) is 66.2 cm³/mol. The van der Waals surface area contributed by atoms with Crippen LogP contribution in [0.2, 0.25) is 0 Å². The maximum absolute atomic E-state index is 13.3. The average molecular weight is 245 g/mol. The lowest BCUT2D eigenvalue weighted by atomic mass is 10.1. The zero-order chi connectivity index (χ0) is 13.0. The number of nitrogens with zero attached hydrogens (tertiary/aromatic N) is 1. The molecular formula is C13H12FN3O. The van der Waals surface area contributed by atoms with Crippen molar-refractivity contribution in [3.63, 3.8) is 0 Å². The summed E-state index contributed by atoms with van der Waals surface area (Å²) in [6.07, 6.45) is 2.43. The van der Waals surface area contributed by atoms with Gasteiger partial charge < -0.3 is 11.1 Å². The number of nitrogens with two attached hydrogens (primary N) is 1. The second-order valence-corrected chi connectivity index (χ2v) is 3.73. The number of hydrogen-bond donors (Lipinski definition) is 2. The highest BCUT2D eigenvalue weighted by Crippen LogP contribution is 2.15. The van der Waals surface area contributed by atoms with Crippen molar-refractivity contribution >= 4 is 11.6 Å². The van der Waals surface area contributed by atoms with Gasteiger partial charge in [0.25, 0.3) is 0 Å². The van der Waals surface area contributed by atoms with Crippen molar-refractivity contribution in [2.45, 2.75) is 6.04 Å². The van der Waals surface area contributed by atoms with Gasteiger partial charge in [0, 0.05) is 6.20 Å². The zero-order valence-corrected chi connectivity index (χ0v) is 9.51. The largest absolute Gasteiger partial charge is 0.322 e. The first-order valence-electron chi connectivity index (χ1n) is 5.39. The van der Waals surface area contributed by atoms with Crippen LogP contribution < -0.4 is 11.1 Å². The molecule has 0 unspecified atom stereocenters.